The Morgan fingerprint density at radius 1 is 1.45 bits per heavy atom. The molecule has 2 N–H and O–H groups in total. The minimum atomic E-state index is -0.308. The van der Waals surface area contributed by atoms with Gasteiger partial charge in [-0.05, 0) is 75.5 Å². The third-order valence-electron chi connectivity index (χ3n) is 5.55. The van der Waals surface area contributed by atoms with Crippen molar-refractivity contribution in [2.24, 2.45) is 5.92 Å². The van der Waals surface area contributed by atoms with E-state index in [1.54, 1.807) is 35.2 Å². The number of allylic oxidation sites excluding steroid dienone is 1. The predicted molar refractivity (Wildman–Crippen MR) is 115 cm³/mol. The molecule has 1 aliphatic heterocycles. The lowest BCUT2D eigenvalue weighted by Gasteiger charge is -2.31. The van der Waals surface area contributed by atoms with Crippen LogP contribution >= 0.6 is 0 Å². The molecule has 0 aliphatic carbocycles. The second-order valence-electron chi connectivity index (χ2n) is 7.33. The molecule has 1 aromatic carbocycles. The molecule has 0 radical (unpaired) electrons. The van der Waals surface area contributed by atoms with Crippen LogP contribution in [0.1, 0.15) is 44.4 Å². The average Bonchev–Trinajstić information content (AvgIpc) is 3.17. The molecule has 1 fully saturated rings. The smallest absolute Gasteiger partial charge is 0.251 e. The molecule has 1 amide bonds. The number of piperidine rings is 1. The summed E-state index contributed by atoms with van der Waals surface area (Å²) in [6.45, 7) is 9.83. The molecule has 5 nitrogen and oxygen atoms in total. The molecular formula is C23H29FN4O. The summed E-state index contributed by atoms with van der Waals surface area (Å²) < 4.78 is 14.9. The molecule has 29 heavy (non-hydrogen) atoms. The summed E-state index contributed by atoms with van der Waals surface area (Å²) in [6.07, 6.45) is 8.29. The van der Waals surface area contributed by atoms with Crippen LogP contribution in [0.15, 0.2) is 43.1 Å². The van der Waals surface area contributed by atoms with E-state index in [0.29, 0.717) is 28.4 Å². The Bertz CT molecular complexity index is 879. The van der Waals surface area contributed by atoms with Gasteiger partial charge < -0.3 is 10.6 Å². The molecule has 2 atom stereocenters. The van der Waals surface area contributed by atoms with Crippen molar-refractivity contribution in [3.63, 3.8) is 0 Å². The molecule has 2 aromatic rings. The van der Waals surface area contributed by atoms with E-state index in [1.807, 2.05) is 6.92 Å². The number of carbonyl (C=O) groups excluding carboxylic acids is 1. The number of halogens is 1. The maximum absolute atomic E-state index is 13.3. The Labute approximate surface area is 171 Å². The van der Waals surface area contributed by atoms with Gasteiger partial charge in [0.05, 0.1) is 17.6 Å². The van der Waals surface area contributed by atoms with Crippen LogP contribution in [-0.4, -0.2) is 34.8 Å². The summed E-state index contributed by atoms with van der Waals surface area (Å²) in [5.74, 6) is 0.0286. The van der Waals surface area contributed by atoms with Crippen LogP contribution in [0.2, 0.25) is 0 Å². The number of rotatable bonds is 7. The summed E-state index contributed by atoms with van der Waals surface area (Å²) in [7, 11) is 0. The molecule has 1 aromatic heterocycles. The number of carbonyl (C=O) groups is 1. The lowest BCUT2D eigenvalue weighted by atomic mass is 9.89. The van der Waals surface area contributed by atoms with Crippen LogP contribution in [-0.2, 0) is 4.79 Å². The fourth-order valence-corrected chi connectivity index (χ4v) is 3.98. The molecule has 0 saturated carbocycles. The highest BCUT2D eigenvalue weighted by Gasteiger charge is 2.26. The van der Waals surface area contributed by atoms with Crippen molar-refractivity contribution in [2.75, 3.05) is 13.1 Å². The first-order valence-corrected chi connectivity index (χ1v) is 10.2. The van der Waals surface area contributed by atoms with E-state index in [1.165, 1.54) is 12.1 Å². The van der Waals surface area contributed by atoms with E-state index in [0.717, 1.165) is 32.4 Å². The van der Waals surface area contributed by atoms with Crippen molar-refractivity contribution in [2.45, 2.75) is 39.2 Å². The normalized spacial score (nSPS) is 18.3. The third kappa shape index (κ3) is 4.65. The van der Waals surface area contributed by atoms with Gasteiger partial charge in [-0.2, -0.15) is 5.10 Å². The van der Waals surface area contributed by atoms with E-state index in [4.69, 9.17) is 0 Å². The number of nitrogens with one attached hydrogen (secondary N) is 2. The fraction of sp³-hybridized carbons (Fsp3) is 0.391. The molecule has 2 unspecified atom stereocenters. The molecule has 3 rings (SSSR count). The zero-order valence-electron chi connectivity index (χ0n) is 17.1. The van der Waals surface area contributed by atoms with Crippen molar-refractivity contribution < 1.29 is 9.18 Å². The van der Waals surface area contributed by atoms with Crippen molar-refractivity contribution in [1.29, 1.82) is 0 Å². The van der Waals surface area contributed by atoms with Gasteiger partial charge in [-0.1, -0.05) is 19.6 Å². The Hall–Kier alpha value is -2.73. The SMILES string of the molecule is C=Cc1c(/C(=C\C)C(=O)NC(CC)C2CCCNC2)cnn1-c1ccc(F)cc1. The van der Waals surface area contributed by atoms with Crippen LogP contribution in [0.3, 0.4) is 0 Å². The van der Waals surface area contributed by atoms with Crippen LogP contribution in [0, 0.1) is 11.7 Å². The van der Waals surface area contributed by atoms with Crippen molar-refractivity contribution >= 4 is 17.6 Å². The summed E-state index contributed by atoms with van der Waals surface area (Å²) in [6, 6.07) is 6.20. The van der Waals surface area contributed by atoms with Gasteiger partial charge >= 0.3 is 0 Å². The molecule has 1 saturated heterocycles. The van der Waals surface area contributed by atoms with Gasteiger partial charge in [0.2, 0.25) is 0 Å². The quantitative estimate of drug-likeness (QED) is 0.697. The van der Waals surface area contributed by atoms with Gasteiger partial charge in [-0.15, -0.1) is 0 Å². The predicted octanol–water partition coefficient (Wildman–Crippen LogP) is 3.95. The van der Waals surface area contributed by atoms with E-state index < -0.39 is 0 Å². The Morgan fingerprint density at radius 2 is 2.21 bits per heavy atom. The van der Waals surface area contributed by atoms with Crippen molar-refractivity contribution in [3.8, 4) is 5.69 Å². The van der Waals surface area contributed by atoms with E-state index in [-0.39, 0.29) is 17.8 Å². The molecule has 0 spiro atoms. The van der Waals surface area contributed by atoms with Gasteiger partial charge in [0, 0.05) is 17.2 Å². The second kappa shape index (κ2) is 9.65. The van der Waals surface area contributed by atoms with E-state index >= 15 is 0 Å². The zero-order valence-corrected chi connectivity index (χ0v) is 17.1. The zero-order chi connectivity index (χ0) is 20.8. The molecule has 154 valence electrons. The molecule has 0 bridgehead atoms. The highest BCUT2D eigenvalue weighted by Crippen LogP contribution is 2.25. The third-order valence-corrected chi connectivity index (χ3v) is 5.55. The van der Waals surface area contributed by atoms with Crippen LogP contribution in [0.5, 0.6) is 0 Å². The highest BCUT2D eigenvalue weighted by atomic mass is 19.1. The average molecular weight is 397 g/mol. The second-order valence-corrected chi connectivity index (χ2v) is 7.33. The number of amides is 1. The first kappa shape index (κ1) is 21.0. The van der Waals surface area contributed by atoms with Crippen LogP contribution < -0.4 is 10.6 Å². The Kier molecular flexibility index (Phi) is 6.99. The van der Waals surface area contributed by atoms with E-state index in [2.05, 4.69) is 29.2 Å². The Morgan fingerprint density at radius 3 is 2.79 bits per heavy atom. The lowest BCUT2D eigenvalue weighted by Crippen LogP contribution is -2.46. The first-order chi connectivity index (χ1) is 14.1. The standard InChI is InChI=1S/C23H29FN4O/c1-4-19(23(29)27-21(5-2)16-8-7-13-25-14-16)20-15-26-28(22(20)6-3)18-11-9-17(24)10-12-18/h4,6,9-12,15-16,21,25H,3,5,7-8,13-14H2,1-2H3,(H,27,29)/b19-4+. The number of nitrogens with zero attached hydrogens (tertiary/aromatic N) is 2. The number of aromatic nitrogens is 2. The maximum Gasteiger partial charge on any atom is 0.251 e. The molecule has 6 heteroatoms. The van der Waals surface area contributed by atoms with Crippen molar-refractivity contribution in [3.05, 3.63) is 60.2 Å². The van der Waals surface area contributed by atoms with Gasteiger partial charge in [-0.25, -0.2) is 9.07 Å². The summed E-state index contributed by atoms with van der Waals surface area (Å²) in [5.41, 5.74) is 2.69. The minimum absolute atomic E-state index is 0.105. The van der Waals surface area contributed by atoms with E-state index in [9.17, 15) is 9.18 Å². The highest BCUT2D eigenvalue weighted by molar-refractivity contribution is 6.20. The Balaban J connectivity index is 1.84. The lowest BCUT2D eigenvalue weighted by molar-refractivity contribution is -0.116. The van der Waals surface area contributed by atoms with Gasteiger partial charge in [0.25, 0.3) is 5.91 Å². The summed E-state index contributed by atoms with van der Waals surface area (Å²) in [5, 5.41) is 11.1. The summed E-state index contributed by atoms with van der Waals surface area (Å²) >= 11 is 0. The number of benzene rings is 1. The van der Waals surface area contributed by atoms with Gasteiger partial charge in [0.1, 0.15) is 5.82 Å². The van der Waals surface area contributed by atoms with Crippen LogP contribution in [0.25, 0.3) is 17.3 Å². The van der Waals surface area contributed by atoms with Crippen LogP contribution in [0.4, 0.5) is 4.39 Å². The summed E-state index contributed by atoms with van der Waals surface area (Å²) in [4.78, 5) is 13.1. The van der Waals surface area contributed by atoms with Gasteiger partial charge in [-0.3, -0.25) is 4.79 Å². The topological polar surface area (TPSA) is 59.0 Å². The fourth-order valence-electron chi connectivity index (χ4n) is 3.98. The molecular weight excluding hydrogens is 367 g/mol. The van der Waals surface area contributed by atoms with Crippen molar-refractivity contribution in [1.82, 2.24) is 20.4 Å². The number of hydrogen-bond donors (Lipinski definition) is 2. The van der Waals surface area contributed by atoms with Gasteiger partial charge in [0.15, 0.2) is 0 Å². The minimum Gasteiger partial charge on any atom is -0.349 e. The molecule has 2 heterocycles. The largest absolute Gasteiger partial charge is 0.349 e. The maximum atomic E-state index is 13.3. The monoisotopic (exact) mass is 396 g/mol. The molecule has 1 aliphatic rings. The number of hydrogen-bond acceptors (Lipinski definition) is 3. The first-order valence-electron chi connectivity index (χ1n) is 10.2.